The van der Waals surface area contributed by atoms with Crippen LogP contribution in [0.1, 0.15) is 17.5 Å². The van der Waals surface area contributed by atoms with Gasteiger partial charge in [0.2, 0.25) is 5.91 Å². The van der Waals surface area contributed by atoms with Gasteiger partial charge >= 0.3 is 0 Å². The molecule has 0 saturated carbocycles. The monoisotopic (exact) mass is 363 g/mol. The highest BCUT2D eigenvalue weighted by Gasteiger charge is 2.16. The summed E-state index contributed by atoms with van der Waals surface area (Å²) in [6.07, 6.45) is 1.61. The van der Waals surface area contributed by atoms with Crippen molar-refractivity contribution in [1.29, 1.82) is 0 Å². The predicted molar refractivity (Wildman–Crippen MR) is 93.9 cm³/mol. The molecule has 0 unspecified atom stereocenters. The molecule has 1 aliphatic heterocycles. The van der Waals surface area contributed by atoms with Gasteiger partial charge in [-0.2, -0.15) is 0 Å². The molecule has 0 radical (unpaired) electrons. The van der Waals surface area contributed by atoms with Crippen LogP contribution >= 0.6 is 11.6 Å². The van der Waals surface area contributed by atoms with Crippen LogP contribution in [0.5, 0.6) is 11.5 Å². The Bertz CT molecular complexity index is 749. The third kappa shape index (κ3) is 4.86. The van der Waals surface area contributed by atoms with Crippen molar-refractivity contribution in [2.45, 2.75) is 19.3 Å². The number of ether oxygens (including phenoxy) is 2. The van der Waals surface area contributed by atoms with E-state index in [1.54, 1.807) is 12.1 Å². The van der Waals surface area contributed by atoms with E-state index >= 15 is 0 Å². The molecule has 0 spiro atoms. The zero-order valence-corrected chi connectivity index (χ0v) is 14.4. The number of hydrogen-bond acceptors (Lipinski definition) is 3. The van der Waals surface area contributed by atoms with Crippen molar-refractivity contribution in [3.63, 3.8) is 0 Å². The SMILES string of the molecule is O=C(CCc1ccc(F)cc1)NCCc1cc(Cl)c2c(c1)OCCO2. The van der Waals surface area contributed by atoms with Crippen molar-refractivity contribution in [1.82, 2.24) is 5.32 Å². The summed E-state index contributed by atoms with van der Waals surface area (Å²) < 4.78 is 23.9. The fourth-order valence-corrected chi connectivity index (χ4v) is 2.94. The highest BCUT2D eigenvalue weighted by atomic mass is 35.5. The molecule has 0 saturated heterocycles. The Hall–Kier alpha value is -2.27. The van der Waals surface area contributed by atoms with Crippen molar-refractivity contribution in [3.8, 4) is 11.5 Å². The third-order valence-corrected chi connectivity index (χ3v) is 4.23. The minimum atomic E-state index is -0.272. The minimum absolute atomic E-state index is 0.0343. The summed E-state index contributed by atoms with van der Waals surface area (Å²) in [7, 11) is 0. The number of amides is 1. The van der Waals surface area contributed by atoms with E-state index in [1.807, 2.05) is 12.1 Å². The van der Waals surface area contributed by atoms with Crippen LogP contribution in [0.4, 0.5) is 4.39 Å². The Morgan fingerprint density at radius 1 is 1.08 bits per heavy atom. The first-order chi connectivity index (χ1) is 12.1. The van der Waals surface area contributed by atoms with Gasteiger partial charge in [0.15, 0.2) is 11.5 Å². The van der Waals surface area contributed by atoms with E-state index in [4.69, 9.17) is 21.1 Å². The van der Waals surface area contributed by atoms with E-state index < -0.39 is 0 Å². The van der Waals surface area contributed by atoms with Crippen molar-refractivity contribution >= 4 is 17.5 Å². The maximum atomic E-state index is 12.8. The average molecular weight is 364 g/mol. The van der Waals surface area contributed by atoms with Crippen molar-refractivity contribution < 1.29 is 18.7 Å². The lowest BCUT2D eigenvalue weighted by molar-refractivity contribution is -0.121. The Morgan fingerprint density at radius 2 is 1.84 bits per heavy atom. The smallest absolute Gasteiger partial charge is 0.220 e. The second-order valence-corrected chi connectivity index (χ2v) is 6.24. The second-order valence-electron chi connectivity index (χ2n) is 5.83. The van der Waals surface area contributed by atoms with Gasteiger partial charge in [-0.25, -0.2) is 4.39 Å². The molecule has 0 fully saturated rings. The summed E-state index contributed by atoms with van der Waals surface area (Å²) in [4.78, 5) is 11.9. The lowest BCUT2D eigenvalue weighted by Gasteiger charge is -2.20. The van der Waals surface area contributed by atoms with Crippen LogP contribution in [0, 0.1) is 5.82 Å². The first-order valence-corrected chi connectivity index (χ1v) is 8.59. The quantitative estimate of drug-likeness (QED) is 0.854. The third-order valence-electron chi connectivity index (χ3n) is 3.95. The highest BCUT2D eigenvalue weighted by molar-refractivity contribution is 6.32. The number of carbonyl (C=O) groups is 1. The van der Waals surface area contributed by atoms with Crippen molar-refractivity contribution in [2.75, 3.05) is 19.8 Å². The van der Waals surface area contributed by atoms with E-state index in [0.29, 0.717) is 55.5 Å². The van der Waals surface area contributed by atoms with Crippen molar-refractivity contribution in [2.24, 2.45) is 0 Å². The van der Waals surface area contributed by atoms with Crippen molar-refractivity contribution in [3.05, 3.63) is 58.4 Å². The first kappa shape index (κ1) is 17.5. The lowest BCUT2D eigenvalue weighted by atomic mass is 10.1. The predicted octanol–water partition coefficient (Wildman–Crippen LogP) is 3.54. The molecule has 2 aromatic rings. The normalized spacial score (nSPS) is 12.7. The van der Waals surface area contributed by atoms with Gasteiger partial charge in [0, 0.05) is 13.0 Å². The van der Waals surface area contributed by atoms with Gasteiger partial charge in [0.1, 0.15) is 19.0 Å². The van der Waals surface area contributed by atoms with Gasteiger partial charge in [-0.1, -0.05) is 23.7 Å². The number of aryl methyl sites for hydroxylation is 1. The Balaban J connectivity index is 1.45. The standard InChI is InChI=1S/C19H19ClFNO3/c20-16-11-14(12-17-19(16)25-10-9-24-17)7-8-22-18(23)6-3-13-1-4-15(21)5-2-13/h1-2,4-5,11-12H,3,6-10H2,(H,22,23). The number of fused-ring (bicyclic) bond motifs is 1. The molecule has 132 valence electrons. The van der Waals surface area contributed by atoms with Crippen LogP contribution in [0.3, 0.4) is 0 Å². The average Bonchev–Trinajstić information content (AvgIpc) is 2.61. The first-order valence-electron chi connectivity index (χ1n) is 8.21. The molecule has 0 aromatic heterocycles. The number of rotatable bonds is 6. The Kier molecular flexibility index (Phi) is 5.76. The molecule has 3 rings (SSSR count). The molecular formula is C19H19ClFNO3. The van der Waals surface area contributed by atoms with E-state index in [0.717, 1.165) is 11.1 Å². The molecule has 1 N–H and O–H groups in total. The molecule has 1 aliphatic rings. The summed E-state index contributed by atoms with van der Waals surface area (Å²) >= 11 is 6.20. The van der Waals surface area contributed by atoms with Crippen LogP contribution in [0.25, 0.3) is 0 Å². The summed E-state index contributed by atoms with van der Waals surface area (Å²) in [5.41, 5.74) is 1.92. The molecule has 0 atom stereocenters. The summed E-state index contributed by atoms with van der Waals surface area (Å²) in [5.74, 6) is 0.927. The van der Waals surface area contributed by atoms with Gasteiger partial charge in [-0.05, 0) is 48.2 Å². The second kappa shape index (κ2) is 8.21. The fourth-order valence-electron chi connectivity index (χ4n) is 2.65. The summed E-state index contributed by atoms with van der Waals surface area (Å²) in [6, 6.07) is 9.92. The fraction of sp³-hybridized carbons (Fsp3) is 0.316. The largest absolute Gasteiger partial charge is 0.486 e. The Labute approximate surface area is 150 Å². The molecule has 25 heavy (non-hydrogen) atoms. The van der Waals surface area contributed by atoms with Crippen LogP contribution in [-0.4, -0.2) is 25.7 Å². The van der Waals surface area contributed by atoms with E-state index in [-0.39, 0.29) is 11.7 Å². The van der Waals surface area contributed by atoms with Crippen LogP contribution in [0.2, 0.25) is 5.02 Å². The zero-order valence-electron chi connectivity index (χ0n) is 13.7. The van der Waals surface area contributed by atoms with Gasteiger partial charge < -0.3 is 14.8 Å². The molecular weight excluding hydrogens is 345 g/mol. The summed E-state index contributed by atoms with van der Waals surface area (Å²) in [6.45, 7) is 1.52. The molecule has 1 heterocycles. The van der Waals surface area contributed by atoms with Crippen LogP contribution in [-0.2, 0) is 17.6 Å². The van der Waals surface area contributed by atoms with Gasteiger partial charge in [0.05, 0.1) is 5.02 Å². The van der Waals surface area contributed by atoms with Crippen LogP contribution < -0.4 is 14.8 Å². The highest BCUT2D eigenvalue weighted by Crippen LogP contribution is 2.38. The summed E-state index contributed by atoms with van der Waals surface area (Å²) in [5, 5.41) is 3.41. The molecule has 2 aromatic carbocycles. The van der Waals surface area contributed by atoms with E-state index in [1.165, 1.54) is 12.1 Å². The molecule has 0 aliphatic carbocycles. The van der Waals surface area contributed by atoms with Gasteiger partial charge in [-0.3, -0.25) is 4.79 Å². The molecule has 6 heteroatoms. The number of benzene rings is 2. The molecule has 0 bridgehead atoms. The number of halogens is 2. The van der Waals surface area contributed by atoms with E-state index in [9.17, 15) is 9.18 Å². The maximum absolute atomic E-state index is 12.8. The van der Waals surface area contributed by atoms with Gasteiger partial charge in [-0.15, -0.1) is 0 Å². The zero-order chi connectivity index (χ0) is 17.6. The minimum Gasteiger partial charge on any atom is -0.486 e. The number of hydrogen-bond donors (Lipinski definition) is 1. The number of nitrogens with one attached hydrogen (secondary N) is 1. The van der Waals surface area contributed by atoms with Crippen LogP contribution in [0.15, 0.2) is 36.4 Å². The topological polar surface area (TPSA) is 47.6 Å². The molecule has 1 amide bonds. The maximum Gasteiger partial charge on any atom is 0.220 e. The van der Waals surface area contributed by atoms with E-state index in [2.05, 4.69) is 5.32 Å². The lowest BCUT2D eigenvalue weighted by Crippen LogP contribution is -2.26. The van der Waals surface area contributed by atoms with Gasteiger partial charge in [0.25, 0.3) is 0 Å². The number of carbonyl (C=O) groups excluding carboxylic acids is 1. The Morgan fingerprint density at radius 3 is 2.64 bits per heavy atom. The molecule has 4 nitrogen and oxygen atoms in total.